The second kappa shape index (κ2) is 9.62. The minimum atomic E-state index is -0.919. The van der Waals surface area contributed by atoms with Gasteiger partial charge in [-0.25, -0.2) is 9.37 Å². The third-order valence-electron chi connectivity index (χ3n) is 5.37. The average molecular weight is 402 g/mol. The maximum atomic E-state index is 14.3. The van der Waals surface area contributed by atoms with Gasteiger partial charge in [0.2, 0.25) is 5.91 Å². The highest BCUT2D eigenvalue weighted by Crippen LogP contribution is 2.36. The van der Waals surface area contributed by atoms with E-state index in [2.05, 4.69) is 10.1 Å². The highest BCUT2D eigenvalue weighted by Gasteiger charge is 2.45. The topological polar surface area (TPSA) is 77.3 Å². The third kappa shape index (κ3) is 5.19. The number of aryl methyl sites for hydroxylation is 1. The van der Waals surface area contributed by atoms with Crippen LogP contribution < -0.4 is 0 Å². The highest BCUT2D eigenvalue weighted by molar-refractivity contribution is 5.81. The van der Waals surface area contributed by atoms with E-state index in [1.54, 1.807) is 41.0 Å². The zero-order valence-corrected chi connectivity index (χ0v) is 16.7. The summed E-state index contributed by atoms with van der Waals surface area (Å²) in [7, 11) is 0. The maximum absolute atomic E-state index is 14.3. The van der Waals surface area contributed by atoms with E-state index in [1.807, 2.05) is 0 Å². The van der Waals surface area contributed by atoms with Crippen molar-refractivity contribution < 1.29 is 18.7 Å². The number of aromatic nitrogens is 3. The van der Waals surface area contributed by atoms with E-state index in [1.165, 1.54) is 12.4 Å². The maximum Gasteiger partial charge on any atom is 0.314 e. The third-order valence-corrected chi connectivity index (χ3v) is 5.37. The Balaban J connectivity index is 1.70. The summed E-state index contributed by atoms with van der Waals surface area (Å²) in [5, 5.41) is 4.03. The van der Waals surface area contributed by atoms with Crippen LogP contribution in [0.25, 0.3) is 0 Å². The molecule has 1 aliphatic heterocycles. The fraction of sp³-hybridized carbons (Fsp3) is 0.524. The summed E-state index contributed by atoms with van der Waals surface area (Å²) in [5.74, 6) is -0.706. The molecule has 0 radical (unpaired) electrons. The first-order valence-corrected chi connectivity index (χ1v) is 10.0. The molecule has 0 N–H and O–H groups in total. The Morgan fingerprint density at radius 3 is 2.86 bits per heavy atom. The second-order valence-corrected chi connectivity index (χ2v) is 7.45. The molecule has 0 bridgehead atoms. The van der Waals surface area contributed by atoms with Crippen molar-refractivity contribution in [2.24, 2.45) is 5.41 Å². The molecule has 0 saturated carbocycles. The number of ether oxygens (including phenoxy) is 1. The van der Waals surface area contributed by atoms with Crippen molar-refractivity contribution in [3.63, 3.8) is 0 Å². The molecule has 3 rings (SSSR count). The van der Waals surface area contributed by atoms with Crippen LogP contribution in [0.1, 0.15) is 38.2 Å². The Morgan fingerprint density at radius 1 is 1.31 bits per heavy atom. The lowest BCUT2D eigenvalue weighted by Crippen LogP contribution is -2.51. The molecule has 7 nitrogen and oxygen atoms in total. The Kier molecular flexibility index (Phi) is 6.95. The van der Waals surface area contributed by atoms with Crippen LogP contribution in [-0.2, 0) is 27.3 Å². The molecule has 1 saturated heterocycles. The van der Waals surface area contributed by atoms with Crippen LogP contribution >= 0.6 is 0 Å². The summed E-state index contributed by atoms with van der Waals surface area (Å²) in [4.78, 5) is 31.3. The summed E-state index contributed by atoms with van der Waals surface area (Å²) < 4.78 is 21.3. The molecule has 1 aliphatic rings. The minimum absolute atomic E-state index is 0.00739. The second-order valence-electron chi connectivity index (χ2n) is 7.45. The fourth-order valence-corrected chi connectivity index (χ4v) is 3.92. The van der Waals surface area contributed by atoms with Gasteiger partial charge < -0.3 is 9.64 Å². The quantitative estimate of drug-likeness (QED) is 0.635. The first kappa shape index (κ1) is 21.0. The molecule has 0 unspecified atom stereocenters. The van der Waals surface area contributed by atoms with Crippen molar-refractivity contribution in [3.8, 4) is 0 Å². The van der Waals surface area contributed by atoms with Crippen LogP contribution in [0.5, 0.6) is 0 Å². The number of likely N-dealkylation sites (tertiary alicyclic amines) is 1. The fourth-order valence-electron chi connectivity index (χ4n) is 3.92. The largest absolute Gasteiger partial charge is 0.466 e. The Morgan fingerprint density at radius 2 is 2.14 bits per heavy atom. The molecule has 2 heterocycles. The molecule has 156 valence electrons. The predicted octanol–water partition coefficient (Wildman–Crippen LogP) is 2.61. The zero-order valence-electron chi connectivity index (χ0n) is 16.7. The van der Waals surface area contributed by atoms with E-state index in [-0.39, 0.29) is 37.3 Å². The van der Waals surface area contributed by atoms with Gasteiger partial charge in [0.05, 0.1) is 12.0 Å². The molecule has 8 heteroatoms. The van der Waals surface area contributed by atoms with Crippen LogP contribution in [0, 0.1) is 11.2 Å². The average Bonchev–Trinajstić information content (AvgIpc) is 3.23. The molecule has 1 atom stereocenters. The van der Waals surface area contributed by atoms with E-state index in [0.717, 1.165) is 0 Å². The van der Waals surface area contributed by atoms with Crippen molar-refractivity contribution in [1.29, 1.82) is 0 Å². The number of carbonyl (C=O) groups is 2. The molecular formula is C21H27FN4O3. The lowest BCUT2D eigenvalue weighted by molar-refractivity contribution is -0.160. The van der Waals surface area contributed by atoms with Gasteiger partial charge in [-0.3, -0.25) is 14.3 Å². The van der Waals surface area contributed by atoms with E-state index >= 15 is 0 Å². The summed E-state index contributed by atoms with van der Waals surface area (Å²) in [6.07, 6.45) is 5.55. The summed E-state index contributed by atoms with van der Waals surface area (Å²) >= 11 is 0. The number of hydrogen-bond donors (Lipinski definition) is 0. The van der Waals surface area contributed by atoms with Crippen molar-refractivity contribution in [1.82, 2.24) is 19.7 Å². The Bertz CT molecular complexity index is 827. The number of rotatable bonds is 8. The number of carbonyl (C=O) groups excluding carboxylic acids is 2. The number of hydrogen-bond acceptors (Lipinski definition) is 5. The molecule has 1 amide bonds. The van der Waals surface area contributed by atoms with Gasteiger partial charge in [-0.2, -0.15) is 5.10 Å². The lowest BCUT2D eigenvalue weighted by atomic mass is 9.74. The van der Waals surface area contributed by atoms with Crippen LogP contribution in [-0.4, -0.2) is 51.2 Å². The molecule has 1 aromatic heterocycles. The number of amides is 1. The van der Waals surface area contributed by atoms with Crippen LogP contribution in [0.15, 0.2) is 36.9 Å². The normalized spacial score (nSPS) is 19.2. The summed E-state index contributed by atoms with van der Waals surface area (Å²) in [6.45, 7) is 3.47. The van der Waals surface area contributed by atoms with E-state index in [4.69, 9.17) is 4.74 Å². The van der Waals surface area contributed by atoms with Gasteiger partial charge >= 0.3 is 5.97 Å². The first-order valence-electron chi connectivity index (χ1n) is 10.0. The van der Waals surface area contributed by atoms with Gasteiger partial charge in [0.1, 0.15) is 18.5 Å². The molecule has 2 aromatic rings. The zero-order chi connectivity index (χ0) is 20.7. The van der Waals surface area contributed by atoms with E-state index in [0.29, 0.717) is 44.3 Å². The molecule has 1 fully saturated rings. The smallest absolute Gasteiger partial charge is 0.314 e. The van der Waals surface area contributed by atoms with Gasteiger partial charge in [-0.05, 0) is 44.2 Å². The number of nitrogens with zero attached hydrogens (tertiary/aromatic N) is 4. The Labute approximate surface area is 169 Å². The molecule has 0 aliphatic carbocycles. The van der Waals surface area contributed by atoms with Crippen LogP contribution in [0.3, 0.4) is 0 Å². The predicted molar refractivity (Wildman–Crippen MR) is 104 cm³/mol. The number of halogens is 1. The first-order chi connectivity index (χ1) is 14.0. The SMILES string of the molecule is CCOC(=O)[C@@]1(Cc2ccccc2F)CCCN(C(=O)CCCn2cncn2)C1. The summed E-state index contributed by atoms with van der Waals surface area (Å²) in [6, 6.07) is 6.47. The van der Waals surface area contributed by atoms with Gasteiger partial charge in [-0.15, -0.1) is 0 Å². The Hall–Kier alpha value is -2.77. The van der Waals surface area contributed by atoms with Gasteiger partial charge in [-0.1, -0.05) is 18.2 Å². The van der Waals surface area contributed by atoms with Gasteiger partial charge in [0, 0.05) is 26.1 Å². The number of benzene rings is 1. The van der Waals surface area contributed by atoms with E-state index < -0.39 is 5.41 Å². The van der Waals surface area contributed by atoms with Crippen LogP contribution in [0.4, 0.5) is 4.39 Å². The molecular weight excluding hydrogens is 375 g/mol. The molecule has 1 aromatic carbocycles. The summed E-state index contributed by atoms with van der Waals surface area (Å²) in [5.41, 5.74) is -0.445. The number of piperidine rings is 1. The molecule has 29 heavy (non-hydrogen) atoms. The monoisotopic (exact) mass is 402 g/mol. The highest BCUT2D eigenvalue weighted by atomic mass is 19.1. The van der Waals surface area contributed by atoms with E-state index in [9.17, 15) is 14.0 Å². The standard InChI is InChI=1S/C21H27FN4O3/c1-2-29-20(28)21(13-17-7-3-4-8-18(17)22)10-6-11-25(14-21)19(27)9-5-12-26-16-23-15-24-26/h3-4,7-8,15-16H,2,5-6,9-14H2,1H3/t21-/m1/s1. The van der Waals surface area contributed by atoms with Crippen molar-refractivity contribution in [2.45, 2.75) is 45.6 Å². The van der Waals surface area contributed by atoms with Crippen LogP contribution in [0.2, 0.25) is 0 Å². The lowest BCUT2D eigenvalue weighted by Gasteiger charge is -2.41. The minimum Gasteiger partial charge on any atom is -0.466 e. The molecule has 0 spiro atoms. The number of esters is 1. The van der Waals surface area contributed by atoms with Crippen molar-refractivity contribution >= 4 is 11.9 Å². The van der Waals surface area contributed by atoms with Gasteiger partial charge in [0.25, 0.3) is 0 Å². The van der Waals surface area contributed by atoms with Crippen molar-refractivity contribution in [2.75, 3.05) is 19.7 Å². The van der Waals surface area contributed by atoms with Gasteiger partial charge in [0.15, 0.2) is 0 Å². The van der Waals surface area contributed by atoms with Crippen molar-refractivity contribution in [3.05, 3.63) is 48.3 Å².